The van der Waals surface area contributed by atoms with Gasteiger partial charge in [0.2, 0.25) is 11.8 Å². The van der Waals surface area contributed by atoms with Gasteiger partial charge in [0.05, 0.1) is 16.6 Å². The molecule has 9 nitrogen and oxygen atoms in total. The second-order valence-corrected chi connectivity index (χ2v) is 11.0. The zero-order valence-electron chi connectivity index (χ0n) is 20.5. The molecular weight excluding hydrogens is 478 g/mol. The molecule has 0 saturated heterocycles. The molecule has 0 radical (unpaired) electrons. The molecule has 186 valence electrons. The van der Waals surface area contributed by atoms with Crippen LogP contribution in [-0.2, 0) is 21.1 Å². The summed E-state index contributed by atoms with van der Waals surface area (Å²) in [5.74, 6) is 2.76. The van der Waals surface area contributed by atoms with E-state index in [0.717, 1.165) is 11.4 Å². The van der Waals surface area contributed by atoms with Crippen molar-refractivity contribution < 1.29 is 17.9 Å². The van der Waals surface area contributed by atoms with E-state index in [1.165, 1.54) is 0 Å². The number of anilines is 1. The van der Waals surface area contributed by atoms with E-state index in [1.807, 2.05) is 17.7 Å². The Hall–Kier alpha value is -4.05. The van der Waals surface area contributed by atoms with E-state index in [1.54, 1.807) is 81.6 Å². The molecule has 2 aromatic carbocycles. The minimum absolute atomic E-state index is 0.122. The largest absolute Gasteiger partial charge is 0.439 e. The molecule has 0 atom stereocenters. The van der Waals surface area contributed by atoms with Gasteiger partial charge in [0, 0.05) is 24.1 Å². The number of nitrogens with one attached hydrogen (secondary N) is 1. The third-order valence-electron chi connectivity index (χ3n) is 5.47. The van der Waals surface area contributed by atoms with Gasteiger partial charge in [-0.1, -0.05) is 12.1 Å². The zero-order chi connectivity index (χ0) is 25.9. The van der Waals surface area contributed by atoms with Gasteiger partial charge in [0.1, 0.15) is 23.2 Å². The zero-order valence-corrected chi connectivity index (χ0v) is 21.3. The second-order valence-electron chi connectivity index (χ2n) is 8.55. The minimum Gasteiger partial charge on any atom is -0.439 e. The Morgan fingerprint density at radius 2 is 1.72 bits per heavy atom. The van der Waals surface area contributed by atoms with Crippen LogP contribution in [0.5, 0.6) is 11.6 Å². The first kappa shape index (κ1) is 25.1. The summed E-state index contributed by atoms with van der Waals surface area (Å²) in [4.78, 5) is 25.7. The molecule has 0 unspecified atom stereocenters. The van der Waals surface area contributed by atoms with E-state index in [4.69, 9.17) is 4.74 Å². The molecule has 10 heteroatoms. The Kier molecular flexibility index (Phi) is 7.16. The van der Waals surface area contributed by atoms with Crippen LogP contribution in [0, 0.1) is 13.8 Å². The first-order chi connectivity index (χ1) is 17.1. The number of aryl methyl sites for hydroxylation is 2. The first-order valence-electron chi connectivity index (χ1n) is 11.4. The number of aromatic nitrogens is 4. The normalized spacial score (nSPS) is 11.5. The molecule has 36 heavy (non-hydrogen) atoms. The number of carbonyl (C=O) groups excluding carboxylic acids is 1. The van der Waals surface area contributed by atoms with Gasteiger partial charge in [-0.15, -0.1) is 0 Å². The molecule has 2 aromatic heterocycles. The number of rotatable bonds is 8. The lowest BCUT2D eigenvalue weighted by atomic mass is 10.1. The highest BCUT2D eigenvalue weighted by Crippen LogP contribution is 2.24. The topological polar surface area (TPSA) is 116 Å². The van der Waals surface area contributed by atoms with Crippen molar-refractivity contribution in [1.29, 1.82) is 0 Å². The van der Waals surface area contributed by atoms with Gasteiger partial charge in [0.25, 0.3) is 0 Å². The van der Waals surface area contributed by atoms with Gasteiger partial charge >= 0.3 is 0 Å². The van der Waals surface area contributed by atoms with Gasteiger partial charge in [-0.2, -0.15) is 4.98 Å². The summed E-state index contributed by atoms with van der Waals surface area (Å²) in [6.45, 7) is 6.96. The summed E-state index contributed by atoms with van der Waals surface area (Å²) >= 11 is 0. The van der Waals surface area contributed by atoms with Crippen molar-refractivity contribution in [2.45, 2.75) is 44.3 Å². The van der Waals surface area contributed by atoms with E-state index in [0.29, 0.717) is 29.0 Å². The van der Waals surface area contributed by atoms with Crippen LogP contribution in [0.1, 0.15) is 31.1 Å². The average Bonchev–Trinajstić information content (AvgIpc) is 3.26. The molecular formula is C26H27N5O4S. The highest BCUT2D eigenvalue weighted by Gasteiger charge is 2.19. The maximum Gasteiger partial charge on any atom is 0.228 e. The van der Waals surface area contributed by atoms with Crippen molar-refractivity contribution in [3.05, 3.63) is 84.2 Å². The lowest BCUT2D eigenvalue weighted by Crippen LogP contribution is -2.15. The summed E-state index contributed by atoms with van der Waals surface area (Å²) < 4.78 is 32.2. The van der Waals surface area contributed by atoms with Crippen molar-refractivity contribution >= 4 is 21.4 Å². The monoisotopic (exact) mass is 505 g/mol. The highest BCUT2D eigenvalue weighted by molar-refractivity contribution is 7.92. The van der Waals surface area contributed by atoms with Gasteiger partial charge in [-0.05, 0) is 69.7 Å². The summed E-state index contributed by atoms with van der Waals surface area (Å²) in [7, 11) is -3.34. The summed E-state index contributed by atoms with van der Waals surface area (Å²) in [6, 6.07) is 15.1. The number of hydrogen-bond acceptors (Lipinski definition) is 7. The van der Waals surface area contributed by atoms with Crippen LogP contribution < -0.4 is 10.1 Å². The Labute approximate surface area is 210 Å². The molecule has 0 aliphatic rings. The molecule has 0 aliphatic carbocycles. The van der Waals surface area contributed by atoms with Crippen molar-refractivity contribution in [3.63, 3.8) is 0 Å². The summed E-state index contributed by atoms with van der Waals surface area (Å²) in [6.07, 6.45) is 3.64. The lowest BCUT2D eigenvalue weighted by Gasteiger charge is -2.11. The van der Waals surface area contributed by atoms with Crippen molar-refractivity contribution in [2.75, 3.05) is 5.32 Å². The third-order valence-corrected chi connectivity index (χ3v) is 7.64. The SMILES string of the molecule is Cc1nc(Oc2ccc(NC(=O)Cc3ccc(S(=O)(=O)C(C)C)cc3)cc2)cc(-n2ccnc2C)n1. The predicted molar refractivity (Wildman–Crippen MR) is 136 cm³/mol. The Morgan fingerprint density at radius 3 is 2.33 bits per heavy atom. The Balaban J connectivity index is 1.38. The fourth-order valence-corrected chi connectivity index (χ4v) is 4.57. The number of benzene rings is 2. The lowest BCUT2D eigenvalue weighted by molar-refractivity contribution is -0.115. The van der Waals surface area contributed by atoms with Crippen LogP contribution in [0.25, 0.3) is 5.82 Å². The molecule has 1 amide bonds. The molecule has 4 rings (SSSR count). The van der Waals surface area contributed by atoms with Gasteiger partial charge in [-0.25, -0.2) is 18.4 Å². The highest BCUT2D eigenvalue weighted by atomic mass is 32.2. The number of hydrogen-bond donors (Lipinski definition) is 1. The van der Waals surface area contributed by atoms with E-state index in [2.05, 4.69) is 20.3 Å². The fraction of sp³-hybridized carbons (Fsp3) is 0.231. The van der Waals surface area contributed by atoms with E-state index < -0.39 is 15.1 Å². The number of ether oxygens (including phenoxy) is 1. The van der Waals surface area contributed by atoms with Crippen LogP contribution in [0.15, 0.2) is 71.9 Å². The minimum atomic E-state index is -3.34. The maximum absolute atomic E-state index is 12.5. The smallest absolute Gasteiger partial charge is 0.228 e. The molecule has 0 spiro atoms. The van der Waals surface area contributed by atoms with Crippen molar-refractivity contribution in [2.24, 2.45) is 0 Å². The Morgan fingerprint density at radius 1 is 1.03 bits per heavy atom. The summed E-state index contributed by atoms with van der Waals surface area (Å²) in [5, 5.41) is 2.34. The molecule has 4 aromatic rings. The molecule has 1 N–H and O–H groups in total. The average molecular weight is 506 g/mol. The summed E-state index contributed by atoms with van der Waals surface area (Å²) in [5.41, 5.74) is 1.33. The van der Waals surface area contributed by atoms with E-state index in [-0.39, 0.29) is 17.2 Å². The number of imidazole rings is 1. The van der Waals surface area contributed by atoms with E-state index >= 15 is 0 Å². The van der Waals surface area contributed by atoms with E-state index in [9.17, 15) is 13.2 Å². The molecule has 0 bridgehead atoms. The standard InChI is InChI=1S/C26H27N5O4S/c1-17(2)36(33,34)23-11-5-20(6-12-23)15-25(32)30-21-7-9-22(10-8-21)35-26-16-24(28-18(3)29-26)31-14-13-27-19(31)4/h5-14,16-17H,15H2,1-4H3,(H,30,32). The van der Waals surface area contributed by atoms with Crippen LogP contribution in [0.3, 0.4) is 0 Å². The molecule has 0 saturated carbocycles. The van der Waals surface area contributed by atoms with Crippen LogP contribution in [-0.4, -0.2) is 39.1 Å². The van der Waals surface area contributed by atoms with Gasteiger partial charge < -0.3 is 10.1 Å². The van der Waals surface area contributed by atoms with Crippen molar-refractivity contribution in [3.8, 4) is 17.4 Å². The quantitative estimate of drug-likeness (QED) is 0.376. The molecule has 0 aliphatic heterocycles. The number of sulfone groups is 1. The van der Waals surface area contributed by atoms with Crippen LogP contribution >= 0.6 is 0 Å². The van der Waals surface area contributed by atoms with Gasteiger partial charge in [0.15, 0.2) is 9.84 Å². The predicted octanol–water partition coefficient (Wildman–Crippen LogP) is 4.43. The first-order valence-corrected chi connectivity index (χ1v) is 12.9. The number of amides is 1. The van der Waals surface area contributed by atoms with Crippen LogP contribution in [0.4, 0.5) is 5.69 Å². The second kappa shape index (κ2) is 10.3. The van der Waals surface area contributed by atoms with Crippen LogP contribution in [0.2, 0.25) is 0 Å². The Bertz CT molecular complexity index is 1480. The van der Waals surface area contributed by atoms with Crippen molar-refractivity contribution in [1.82, 2.24) is 19.5 Å². The van der Waals surface area contributed by atoms with Gasteiger partial charge in [-0.3, -0.25) is 9.36 Å². The molecule has 2 heterocycles. The fourth-order valence-electron chi connectivity index (χ4n) is 3.51. The number of carbonyl (C=O) groups is 1. The maximum atomic E-state index is 12.5. The molecule has 0 fully saturated rings. The third kappa shape index (κ3) is 5.77. The number of nitrogens with zero attached hydrogens (tertiary/aromatic N) is 4.